The summed E-state index contributed by atoms with van der Waals surface area (Å²) in [7, 11) is 0. The predicted molar refractivity (Wildman–Crippen MR) is 396 cm³/mol. The molecule has 0 unspecified atom stereocenters. The van der Waals surface area contributed by atoms with Crippen molar-refractivity contribution < 1.29 is 0 Å². The molecule has 0 atom stereocenters. The molecule has 0 N–H and O–H groups in total. The number of nitrogens with zero attached hydrogens (tertiary/aromatic N) is 7. The average Bonchev–Trinajstić information content (AvgIpc) is 0.791. The van der Waals surface area contributed by atoms with Crippen LogP contribution in [0.5, 0.6) is 0 Å². The van der Waals surface area contributed by atoms with E-state index in [0.29, 0.717) is 28.6 Å². The molecule has 0 bridgehead atoms. The lowest BCUT2D eigenvalue weighted by molar-refractivity contribution is 1.07. The van der Waals surface area contributed by atoms with Gasteiger partial charge in [0, 0.05) is 67.3 Å². The number of para-hydroxylation sites is 1. The molecule has 2 aliphatic rings. The average molecular weight is 1220 g/mol. The molecule has 0 saturated carbocycles. The third-order valence-electron chi connectivity index (χ3n) is 19.1. The molecule has 0 aliphatic carbocycles. The Kier molecular flexibility index (Phi) is 13.6. The number of anilines is 6. The fourth-order valence-corrected chi connectivity index (χ4v) is 14.5. The molecular weight excluding hydrogens is 1170 g/mol. The van der Waals surface area contributed by atoms with Crippen molar-refractivity contribution in [3.63, 3.8) is 0 Å². The molecule has 96 heavy (non-hydrogen) atoms. The second-order valence-electron chi connectivity index (χ2n) is 24.6. The Hall–Kier alpha value is -13.0. The van der Waals surface area contributed by atoms with Gasteiger partial charge < -0.3 is 14.4 Å². The van der Waals surface area contributed by atoms with E-state index in [1.54, 1.807) is 0 Å². The highest BCUT2D eigenvalue weighted by molar-refractivity contribution is 7.00. The van der Waals surface area contributed by atoms with Gasteiger partial charge in [-0.05, 0) is 157 Å². The summed E-state index contributed by atoms with van der Waals surface area (Å²) in [4.78, 5) is 20.2. The van der Waals surface area contributed by atoms with Gasteiger partial charge in [0.25, 0.3) is 6.71 Å². The predicted octanol–water partition coefficient (Wildman–Crippen LogP) is 20.3. The van der Waals surface area contributed by atoms with Crippen LogP contribution in [-0.2, 0) is 0 Å². The zero-order chi connectivity index (χ0) is 63.6. The highest BCUT2D eigenvalue weighted by Crippen LogP contribution is 2.48. The van der Waals surface area contributed by atoms with Crippen molar-refractivity contribution in [1.82, 2.24) is 19.5 Å². The first-order valence-electron chi connectivity index (χ1n) is 32.5. The van der Waals surface area contributed by atoms with Crippen molar-refractivity contribution in [3.05, 3.63) is 345 Å². The van der Waals surface area contributed by atoms with Crippen LogP contribution < -0.4 is 26.2 Å². The summed E-state index contributed by atoms with van der Waals surface area (Å²) in [6, 6.07) is 124. The molecule has 7 nitrogen and oxygen atoms in total. The van der Waals surface area contributed by atoms with Crippen molar-refractivity contribution in [3.8, 4) is 102 Å². The van der Waals surface area contributed by atoms with Crippen LogP contribution in [0.2, 0.25) is 0 Å². The van der Waals surface area contributed by atoms with E-state index in [-0.39, 0.29) is 6.71 Å². The van der Waals surface area contributed by atoms with Gasteiger partial charge in [-0.15, -0.1) is 0 Å². The Bertz CT molecular complexity index is 5440. The zero-order valence-electron chi connectivity index (χ0n) is 52.0. The Balaban J connectivity index is 0.864. The molecule has 16 aromatic rings. The normalized spacial score (nSPS) is 12.1. The Morgan fingerprint density at radius 2 is 0.646 bits per heavy atom. The highest BCUT2D eigenvalue weighted by atomic mass is 15.2. The standard InChI is InChI=1S/C88H56BN7/c90-57-69-39-47-73(56-75(69)88-92-86(64-29-15-5-16-30-64)91-87(93-88)65-31-17-6-18-32-65)96-79-34-20-19-33-74(79)76-51-66(40-48-80(76)96)70-54-83-85-84(55-70)95(72-45-37-63(38-46-72)59-23-9-2-10-24-59)82-50-42-68(61-27-13-4-14-28-61)53-78(82)89(85)77-52-67(60-25-11-3-12-26-60)41-49-81(77)94(83)71-43-35-62(36-44-71)58-21-7-1-8-22-58/h1-56H. The molecule has 2 aromatic heterocycles. The maximum absolute atomic E-state index is 10.8. The van der Waals surface area contributed by atoms with Crippen LogP contribution in [0, 0.1) is 11.3 Å². The minimum absolute atomic E-state index is 0.161. The summed E-state index contributed by atoms with van der Waals surface area (Å²) in [5, 5.41) is 13.0. The van der Waals surface area contributed by atoms with Gasteiger partial charge >= 0.3 is 0 Å². The lowest BCUT2D eigenvalue weighted by atomic mass is 9.33. The summed E-state index contributed by atoms with van der Waals surface area (Å²) in [5.41, 5.74) is 27.5. The third kappa shape index (κ3) is 9.64. The number of rotatable bonds is 11. The topological polar surface area (TPSA) is 73.9 Å². The first-order chi connectivity index (χ1) is 47.5. The van der Waals surface area contributed by atoms with E-state index >= 15 is 0 Å². The van der Waals surface area contributed by atoms with E-state index < -0.39 is 0 Å². The summed E-state index contributed by atoms with van der Waals surface area (Å²) < 4.78 is 2.31. The van der Waals surface area contributed by atoms with E-state index in [1.165, 1.54) is 49.8 Å². The molecule has 0 spiro atoms. The lowest BCUT2D eigenvalue weighted by Gasteiger charge is -2.44. The van der Waals surface area contributed by atoms with E-state index in [9.17, 15) is 5.26 Å². The first kappa shape index (κ1) is 55.9. The van der Waals surface area contributed by atoms with Crippen molar-refractivity contribution in [2.24, 2.45) is 0 Å². The van der Waals surface area contributed by atoms with Crippen molar-refractivity contribution in [2.75, 3.05) is 9.80 Å². The van der Waals surface area contributed by atoms with Crippen molar-refractivity contribution >= 4 is 79.0 Å². The number of nitriles is 1. The number of benzene rings is 14. The molecule has 446 valence electrons. The molecule has 4 heterocycles. The molecule has 0 saturated heterocycles. The largest absolute Gasteiger partial charge is 0.311 e. The monoisotopic (exact) mass is 1220 g/mol. The van der Waals surface area contributed by atoms with Gasteiger partial charge in [0.2, 0.25) is 0 Å². The van der Waals surface area contributed by atoms with E-state index in [2.05, 4.69) is 287 Å². The van der Waals surface area contributed by atoms with Crippen LogP contribution >= 0.6 is 0 Å². The number of fused-ring (bicyclic) bond motifs is 7. The summed E-state index contributed by atoms with van der Waals surface area (Å²) in [6.07, 6.45) is 0. The smallest absolute Gasteiger partial charge is 0.252 e. The van der Waals surface area contributed by atoms with E-state index in [0.717, 1.165) is 95.0 Å². The van der Waals surface area contributed by atoms with Gasteiger partial charge in [-0.3, -0.25) is 0 Å². The Labute approximate surface area is 557 Å². The first-order valence-corrected chi connectivity index (χ1v) is 32.5. The molecule has 2 aliphatic heterocycles. The molecule has 14 aromatic carbocycles. The molecular formula is C88H56BN7. The van der Waals surface area contributed by atoms with Gasteiger partial charge in [-0.25, -0.2) is 15.0 Å². The summed E-state index contributed by atoms with van der Waals surface area (Å²) in [5.74, 6) is 1.48. The quantitative estimate of drug-likeness (QED) is 0.120. The van der Waals surface area contributed by atoms with Gasteiger partial charge in [-0.1, -0.05) is 255 Å². The van der Waals surface area contributed by atoms with Gasteiger partial charge in [0.05, 0.1) is 22.7 Å². The van der Waals surface area contributed by atoms with Crippen LogP contribution in [0.1, 0.15) is 5.56 Å². The molecule has 0 radical (unpaired) electrons. The fourth-order valence-electron chi connectivity index (χ4n) is 14.5. The second-order valence-corrected chi connectivity index (χ2v) is 24.6. The summed E-state index contributed by atoms with van der Waals surface area (Å²) in [6.45, 7) is -0.161. The zero-order valence-corrected chi connectivity index (χ0v) is 52.0. The third-order valence-corrected chi connectivity index (χ3v) is 19.1. The van der Waals surface area contributed by atoms with Crippen molar-refractivity contribution in [2.45, 2.75) is 0 Å². The Morgan fingerprint density at radius 1 is 0.271 bits per heavy atom. The fraction of sp³-hybridized carbons (Fsp3) is 0. The van der Waals surface area contributed by atoms with Crippen LogP contribution in [0.4, 0.5) is 34.1 Å². The minimum atomic E-state index is -0.161. The number of hydrogen-bond donors (Lipinski definition) is 0. The van der Waals surface area contributed by atoms with Crippen LogP contribution in [0.3, 0.4) is 0 Å². The number of hydrogen-bond acceptors (Lipinski definition) is 6. The highest BCUT2D eigenvalue weighted by Gasteiger charge is 2.44. The SMILES string of the molecule is N#Cc1ccc(-n2c3ccccc3c3cc(-c4cc5c6c(c4)N(c4ccc(-c7ccccc7)cc4)c4ccc(-c7ccccc7)cc4B6c4cc(-c6ccccc6)ccc4N5c4ccc(-c5ccccc5)cc4)ccc32)cc1-c1nc(-c2ccccc2)nc(-c2ccccc2)n1. The molecule has 0 fully saturated rings. The maximum Gasteiger partial charge on any atom is 0.252 e. The van der Waals surface area contributed by atoms with Crippen LogP contribution in [0.25, 0.3) is 117 Å². The lowest BCUT2D eigenvalue weighted by Crippen LogP contribution is -2.61. The summed E-state index contributed by atoms with van der Waals surface area (Å²) >= 11 is 0. The van der Waals surface area contributed by atoms with E-state index in [4.69, 9.17) is 15.0 Å². The van der Waals surface area contributed by atoms with Crippen LogP contribution in [-0.4, -0.2) is 26.2 Å². The maximum atomic E-state index is 10.8. The molecule has 0 amide bonds. The van der Waals surface area contributed by atoms with Gasteiger partial charge in [0.1, 0.15) is 0 Å². The van der Waals surface area contributed by atoms with Crippen LogP contribution in [0.15, 0.2) is 340 Å². The van der Waals surface area contributed by atoms with E-state index in [1.807, 2.05) is 72.8 Å². The number of aromatic nitrogens is 4. The van der Waals surface area contributed by atoms with Crippen molar-refractivity contribution in [1.29, 1.82) is 5.26 Å². The molecule has 18 rings (SSSR count). The van der Waals surface area contributed by atoms with Gasteiger partial charge in [0.15, 0.2) is 17.5 Å². The Morgan fingerprint density at radius 3 is 1.12 bits per heavy atom. The van der Waals surface area contributed by atoms with Gasteiger partial charge in [-0.2, -0.15) is 5.26 Å². The second kappa shape index (κ2) is 23.3. The molecule has 8 heteroatoms. The minimum Gasteiger partial charge on any atom is -0.311 e.